The Bertz CT molecular complexity index is 718. The van der Waals surface area contributed by atoms with Crippen LogP contribution in [0, 0.1) is 5.41 Å². The van der Waals surface area contributed by atoms with Gasteiger partial charge in [-0.1, -0.05) is 12.8 Å². The van der Waals surface area contributed by atoms with Gasteiger partial charge in [0.25, 0.3) is 11.5 Å². The second-order valence-electron chi connectivity index (χ2n) is 7.96. The van der Waals surface area contributed by atoms with Gasteiger partial charge in [-0.2, -0.15) is 0 Å². The van der Waals surface area contributed by atoms with E-state index in [0.29, 0.717) is 31.2 Å². The number of nitrogens with one attached hydrogen (secondary N) is 2. The van der Waals surface area contributed by atoms with Crippen LogP contribution in [0.5, 0.6) is 0 Å². The lowest BCUT2D eigenvalue weighted by atomic mass is 9.73. The maximum Gasteiger partial charge on any atom is 0.271 e. The Morgan fingerprint density at radius 1 is 1.08 bits per heavy atom. The zero-order valence-electron chi connectivity index (χ0n) is 14.6. The van der Waals surface area contributed by atoms with Crippen molar-refractivity contribution in [2.24, 2.45) is 5.41 Å². The molecule has 2 aliphatic heterocycles. The van der Waals surface area contributed by atoms with E-state index in [0.717, 1.165) is 38.6 Å². The molecule has 0 bridgehead atoms. The summed E-state index contributed by atoms with van der Waals surface area (Å²) in [5.74, 6) is 0.165. The van der Waals surface area contributed by atoms with Gasteiger partial charge in [-0.25, -0.2) is 0 Å². The second kappa shape index (κ2) is 6.35. The Morgan fingerprint density at radius 2 is 1.88 bits per heavy atom. The number of amides is 2. The van der Waals surface area contributed by atoms with Crippen molar-refractivity contribution in [2.75, 3.05) is 19.6 Å². The Balaban J connectivity index is 1.50. The molecule has 7 heteroatoms. The minimum Gasteiger partial charge on any atom is -0.339 e. The molecule has 3 heterocycles. The molecule has 2 N–H and O–H groups in total. The van der Waals surface area contributed by atoms with Gasteiger partial charge in [0.05, 0.1) is 0 Å². The first-order chi connectivity index (χ1) is 12.1. The van der Waals surface area contributed by atoms with Crippen molar-refractivity contribution in [1.82, 2.24) is 20.0 Å². The van der Waals surface area contributed by atoms with E-state index >= 15 is 0 Å². The highest BCUT2D eigenvalue weighted by molar-refractivity contribution is 5.92. The molecule has 136 valence electrons. The summed E-state index contributed by atoms with van der Waals surface area (Å²) < 4.78 is 0. The number of H-pyrrole nitrogens is 2. The van der Waals surface area contributed by atoms with Gasteiger partial charge in [0.15, 0.2) is 0 Å². The molecule has 3 fully saturated rings. The quantitative estimate of drug-likeness (QED) is 0.850. The van der Waals surface area contributed by atoms with Gasteiger partial charge in [0, 0.05) is 43.6 Å². The Labute approximate surface area is 146 Å². The highest BCUT2D eigenvalue weighted by Gasteiger charge is 2.44. The zero-order valence-corrected chi connectivity index (χ0v) is 14.6. The van der Waals surface area contributed by atoms with Crippen LogP contribution < -0.4 is 5.56 Å². The minimum atomic E-state index is -0.286. The predicted octanol–water partition coefficient (Wildman–Crippen LogP) is 1.49. The molecule has 3 aliphatic rings. The fourth-order valence-electron chi connectivity index (χ4n) is 4.93. The molecule has 1 aromatic rings. The summed E-state index contributed by atoms with van der Waals surface area (Å²) >= 11 is 0. The van der Waals surface area contributed by atoms with Crippen molar-refractivity contribution >= 4 is 11.8 Å². The number of hydrogen-bond acceptors (Lipinski definition) is 3. The van der Waals surface area contributed by atoms with E-state index in [9.17, 15) is 14.4 Å². The van der Waals surface area contributed by atoms with Crippen molar-refractivity contribution in [3.05, 3.63) is 22.1 Å². The minimum absolute atomic E-state index is 0.0149. The summed E-state index contributed by atoms with van der Waals surface area (Å²) in [4.78, 5) is 40.4. The Hall–Kier alpha value is -2.05. The van der Waals surface area contributed by atoms with Crippen LogP contribution in [0.3, 0.4) is 0 Å². The summed E-state index contributed by atoms with van der Waals surface area (Å²) in [7, 11) is 0. The van der Waals surface area contributed by atoms with Crippen LogP contribution >= 0.6 is 0 Å². The lowest BCUT2D eigenvalue weighted by Crippen LogP contribution is -2.56. The number of carbonyl (C=O) groups is 2. The highest BCUT2D eigenvalue weighted by Crippen LogP contribution is 2.41. The summed E-state index contributed by atoms with van der Waals surface area (Å²) in [6, 6.07) is 1.72. The van der Waals surface area contributed by atoms with E-state index in [1.807, 2.05) is 4.90 Å². The molecule has 1 aromatic heterocycles. The topological polar surface area (TPSA) is 89.3 Å². The number of nitrogens with zero attached hydrogens (tertiary/aromatic N) is 2. The van der Waals surface area contributed by atoms with Crippen LogP contribution in [0.15, 0.2) is 10.9 Å². The summed E-state index contributed by atoms with van der Waals surface area (Å²) in [5, 5.41) is 5.09. The molecule has 4 rings (SSSR count). The van der Waals surface area contributed by atoms with Crippen molar-refractivity contribution < 1.29 is 9.59 Å². The molecule has 0 aromatic carbocycles. The SMILES string of the molecule is O=C(c1cc(=O)[nH][nH]1)N1CCC[C@]2(CCC(=O)N(C3CCCC3)C2)C1. The fraction of sp³-hybridized carbons (Fsp3) is 0.722. The number of likely N-dealkylation sites (tertiary alicyclic amines) is 2. The first kappa shape index (κ1) is 16.4. The molecule has 1 atom stereocenters. The van der Waals surface area contributed by atoms with E-state index in [-0.39, 0.29) is 22.8 Å². The van der Waals surface area contributed by atoms with Crippen LogP contribution in [-0.2, 0) is 4.79 Å². The molecule has 2 amide bonds. The van der Waals surface area contributed by atoms with Gasteiger partial charge in [-0.05, 0) is 32.1 Å². The van der Waals surface area contributed by atoms with E-state index in [1.165, 1.54) is 18.9 Å². The van der Waals surface area contributed by atoms with Crippen molar-refractivity contribution in [3.63, 3.8) is 0 Å². The molecule has 0 unspecified atom stereocenters. The van der Waals surface area contributed by atoms with Crippen molar-refractivity contribution in [1.29, 1.82) is 0 Å². The van der Waals surface area contributed by atoms with Crippen LogP contribution in [0.25, 0.3) is 0 Å². The fourth-order valence-corrected chi connectivity index (χ4v) is 4.93. The lowest BCUT2D eigenvalue weighted by Gasteiger charge is -2.49. The lowest BCUT2D eigenvalue weighted by molar-refractivity contribution is -0.142. The average Bonchev–Trinajstić information content (AvgIpc) is 3.28. The van der Waals surface area contributed by atoms with Gasteiger partial charge < -0.3 is 9.80 Å². The second-order valence-corrected chi connectivity index (χ2v) is 7.96. The van der Waals surface area contributed by atoms with Gasteiger partial charge in [0.1, 0.15) is 5.69 Å². The van der Waals surface area contributed by atoms with E-state index < -0.39 is 0 Å². The zero-order chi connectivity index (χ0) is 17.4. The molecule has 1 aliphatic carbocycles. The largest absolute Gasteiger partial charge is 0.339 e. The monoisotopic (exact) mass is 346 g/mol. The molecule has 1 saturated carbocycles. The van der Waals surface area contributed by atoms with Gasteiger partial charge >= 0.3 is 0 Å². The molecule has 1 spiro atoms. The standard InChI is InChI=1S/C18H26N4O3/c23-15-10-14(19-20-15)17(25)21-9-3-7-18(11-21)8-6-16(24)22(12-18)13-4-1-2-5-13/h10,13H,1-9,11-12H2,(H2,19,20,23)/t18-/m0/s1. The van der Waals surface area contributed by atoms with Crippen LogP contribution in [0.2, 0.25) is 0 Å². The molecule has 2 saturated heterocycles. The molecular weight excluding hydrogens is 320 g/mol. The molecule has 0 radical (unpaired) electrons. The maximum atomic E-state index is 12.7. The number of aromatic amines is 2. The van der Waals surface area contributed by atoms with E-state index in [4.69, 9.17) is 0 Å². The Morgan fingerprint density at radius 3 is 2.60 bits per heavy atom. The average molecular weight is 346 g/mol. The maximum absolute atomic E-state index is 12.7. The van der Waals surface area contributed by atoms with Gasteiger partial charge in [0.2, 0.25) is 5.91 Å². The number of carbonyl (C=O) groups excluding carboxylic acids is 2. The highest BCUT2D eigenvalue weighted by atomic mass is 16.2. The number of rotatable bonds is 2. The third-order valence-corrected chi connectivity index (χ3v) is 6.24. The number of piperidine rings is 2. The van der Waals surface area contributed by atoms with Crippen molar-refractivity contribution in [2.45, 2.75) is 57.4 Å². The van der Waals surface area contributed by atoms with E-state index in [2.05, 4.69) is 15.1 Å². The molecule has 25 heavy (non-hydrogen) atoms. The number of hydrogen-bond donors (Lipinski definition) is 2. The van der Waals surface area contributed by atoms with Crippen molar-refractivity contribution in [3.8, 4) is 0 Å². The van der Waals surface area contributed by atoms with Crippen LogP contribution in [0.4, 0.5) is 0 Å². The van der Waals surface area contributed by atoms with E-state index in [1.54, 1.807) is 0 Å². The van der Waals surface area contributed by atoms with Crippen LogP contribution in [-0.4, -0.2) is 57.5 Å². The third kappa shape index (κ3) is 3.12. The normalized spacial score (nSPS) is 28.1. The smallest absolute Gasteiger partial charge is 0.271 e. The van der Waals surface area contributed by atoms with Gasteiger partial charge in [-0.15, -0.1) is 0 Å². The van der Waals surface area contributed by atoms with Crippen LogP contribution in [0.1, 0.15) is 61.9 Å². The Kier molecular flexibility index (Phi) is 4.17. The summed E-state index contributed by atoms with van der Waals surface area (Å²) in [6.07, 6.45) is 8.15. The summed E-state index contributed by atoms with van der Waals surface area (Å²) in [5.41, 5.74) is 0.0495. The first-order valence-electron chi connectivity index (χ1n) is 9.43. The number of aromatic nitrogens is 2. The molecular formula is C18H26N4O3. The third-order valence-electron chi connectivity index (χ3n) is 6.24. The summed E-state index contributed by atoms with van der Waals surface area (Å²) in [6.45, 7) is 2.17. The van der Waals surface area contributed by atoms with Gasteiger partial charge in [-0.3, -0.25) is 24.6 Å². The first-order valence-corrected chi connectivity index (χ1v) is 9.43. The molecule has 7 nitrogen and oxygen atoms in total. The predicted molar refractivity (Wildman–Crippen MR) is 92.2 cm³/mol.